The maximum Gasteiger partial charge on any atom is 0.416 e. The summed E-state index contributed by atoms with van der Waals surface area (Å²) < 4.78 is 45.7. The van der Waals surface area contributed by atoms with Crippen molar-refractivity contribution in [2.24, 2.45) is 5.92 Å². The third kappa shape index (κ3) is 5.52. The minimum Gasteiger partial charge on any atom is -0.493 e. The van der Waals surface area contributed by atoms with Gasteiger partial charge in [0.1, 0.15) is 5.75 Å². The van der Waals surface area contributed by atoms with Crippen molar-refractivity contribution < 1.29 is 32.9 Å². The standard InChI is InChI=1S/C30H25F3O4/c1-3-5-19(4-2)20-8-6-18(7-9-20)14-22-17-37-27-15-21(10-12-25(27)28(22)34)26-16-23(30(31,32)33)11-13-24(26)29(35)36/h3-13,15-16,22,28,34H,1-2,14,17H2,(H,35,36)/b19-5+/t22-,28?/m0/s1. The zero-order chi connectivity index (χ0) is 26.7. The molecule has 0 radical (unpaired) electrons. The minimum atomic E-state index is -4.62. The Hall–Kier alpha value is -4.10. The topological polar surface area (TPSA) is 66.8 Å². The number of aromatic carboxylic acids is 1. The second-order valence-corrected chi connectivity index (χ2v) is 8.79. The molecule has 1 aliphatic heterocycles. The maximum absolute atomic E-state index is 13.3. The lowest BCUT2D eigenvalue weighted by Gasteiger charge is -2.31. The van der Waals surface area contributed by atoms with Crippen LogP contribution < -0.4 is 4.74 Å². The molecule has 190 valence electrons. The lowest BCUT2D eigenvalue weighted by molar-refractivity contribution is -0.137. The Bertz CT molecular complexity index is 1370. The fourth-order valence-electron chi connectivity index (χ4n) is 4.47. The van der Waals surface area contributed by atoms with E-state index in [0.717, 1.165) is 34.9 Å². The molecule has 0 aromatic heterocycles. The molecule has 0 fully saturated rings. The quantitative estimate of drug-likeness (QED) is 0.335. The number of carboxylic acids is 1. The van der Waals surface area contributed by atoms with Gasteiger partial charge in [-0.2, -0.15) is 13.2 Å². The zero-order valence-electron chi connectivity index (χ0n) is 19.8. The molecule has 4 nitrogen and oxygen atoms in total. The van der Waals surface area contributed by atoms with Gasteiger partial charge in [0.05, 0.1) is 23.8 Å². The van der Waals surface area contributed by atoms with E-state index in [-0.39, 0.29) is 29.2 Å². The van der Waals surface area contributed by atoms with Gasteiger partial charge in [-0.1, -0.05) is 67.8 Å². The summed E-state index contributed by atoms with van der Waals surface area (Å²) in [5.41, 5.74) is 2.43. The Kier molecular flexibility index (Phi) is 7.36. The highest BCUT2D eigenvalue weighted by Crippen LogP contribution is 2.41. The number of alkyl halides is 3. The van der Waals surface area contributed by atoms with E-state index in [1.54, 1.807) is 18.2 Å². The molecular weight excluding hydrogens is 481 g/mol. The number of carboxylic acid groups (broad SMARTS) is 1. The van der Waals surface area contributed by atoms with Crippen LogP contribution >= 0.6 is 0 Å². The van der Waals surface area contributed by atoms with Gasteiger partial charge in [-0.15, -0.1) is 0 Å². The fourth-order valence-corrected chi connectivity index (χ4v) is 4.47. The molecule has 2 N–H and O–H groups in total. The monoisotopic (exact) mass is 506 g/mol. The number of hydrogen-bond acceptors (Lipinski definition) is 3. The number of hydrogen-bond donors (Lipinski definition) is 2. The SMILES string of the molecule is C=C/C=C(\C=C)c1ccc(C[C@H]2COc3cc(-c4cc(C(F)(F)F)ccc4C(=O)O)ccc3C2O)cc1. The predicted molar refractivity (Wildman–Crippen MR) is 136 cm³/mol. The number of aliphatic hydroxyl groups excluding tert-OH is 1. The Morgan fingerprint density at radius 2 is 1.78 bits per heavy atom. The normalized spacial score (nSPS) is 17.5. The molecule has 4 rings (SSSR count). The number of benzene rings is 3. The summed E-state index contributed by atoms with van der Waals surface area (Å²) in [5, 5.41) is 20.5. The molecule has 1 unspecified atom stereocenters. The first kappa shape index (κ1) is 26.0. The number of ether oxygens (including phenoxy) is 1. The second kappa shape index (κ2) is 10.5. The van der Waals surface area contributed by atoms with Crippen LogP contribution in [0.5, 0.6) is 5.75 Å². The van der Waals surface area contributed by atoms with Crippen LogP contribution in [-0.4, -0.2) is 22.8 Å². The van der Waals surface area contributed by atoms with Crippen molar-refractivity contribution >= 4 is 11.5 Å². The Morgan fingerprint density at radius 1 is 1.05 bits per heavy atom. The first-order chi connectivity index (χ1) is 17.6. The van der Waals surface area contributed by atoms with E-state index in [9.17, 15) is 28.2 Å². The third-order valence-electron chi connectivity index (χ3n) is 6.42. The van der Waals surface area contributed by atoms with Crippen molar-refractivity contribution in [1.82, 2.24) is 0 Å². The smallest absolute Gasteiger partial charge is 0.416 e. The Labute approximate surface area is 212 Å². The van der Waals surface area contributed by atoms with Crippen LogP contribution in [0.25, 0.3) is 16.7 Å². The largest absolute Gasteiger partial charge is 0.493 e. The van der Waals surface area contributed by atoms with E-state index in [1.807, 2.05) is 30.3 Å². The van der Waals surface area contributed by atoms with Gasteiger partial charge in [0.15, 0.2) is 0 Å². The van der Waals surface area contributed by atoms with E-state index >= 15 is 0 Å². The van der Waals surface area contributed by atoms with Gasteiger partial charge in [-0.25, -0.2) is 4.79 Å². The number of halogens is 3. The van der Waals surface area contributed by atoms with Crippen LogP contribution in [0.4, 0.5) is 13.2 Å². The van der Waals surface area contributed by atoms with Gasteiger partial charge in [-0.3, -0.25) is 0 Å². The van der Waals surface area contributed by atoms with Gasteiger partial charge < -0.3 is 14.9 Å². The number of allylic oxidation sites excluding steroid dienone is 4. The second-order valence-electron chi connectivity index (χ2n) is 8.79. The molecule has 3 aromatic carbocycles. The van der Waals surface area contributed by atoms with Gasteiger partial charge in [-0.05, 0) is 58.5 Å². The third-order valence-corrected chi connectivity index (χ3v) is 6.42. The average Bonchev–Trinajstić information content (AvgIpc) is 2.88. The lowest BCUT2D eigenvalue weighted by Crippen LogP contribution is -2.27. The van der Waals surface area contributed by atoms with Crippen LogP contribution in [0.3, 0.4) is 0 Å². The number of rotatable bonds is 7. The lowest BCUT2D eigenvalue weighted by atomic mass is 9.86. The summed E-state index contributed by atoms with van der Waals surface area (Å²) in [6, 6.07) is 15.0. The molecule has 3 aromatic rings. The van der Waals surface area contributed by atoms with Crippen molar-refractivity contribution in [3.05, 3.63) is 120 Å². The van der Waals surface area contributed by atoms with E-state index < -0.39 is 23.8 Å². The summed E-state index contributed by atoms with van der Waals surface area (Å²) in [5.74, 6) is -1.26. The fraction of sp³-hybridized carbons (Fsp3) is 0.167. The molecule has 37 heavy (non-hydrogen) atoms. The summed E-state index contributed by atoms with van der Waals surface area (Å²) in [4.78, 5) is 11.7. The van der Waals surface area contributed by atoms with Crippen molar-refractivity contribution in [3.63, 3.8) is 0 Å². The van der Waals surface area contributed by atoms with Crippen molar-refractivity contribution in [1.29, 1.82) is 0 Å². The average molecular weight is 507 g/mol. The van der Waals surface area contributed by atoms with Crippen LogP contribution in [0, 0.1) is 5.92 Å². The van der Waals surface area contributed by atoms with Crippen LogP contribution in [0.15, 0.2) is 92.0 Å². The van der Waals surface area contributed by atoms with Crippen molar-refractivity contribution in [3.8, 4) is 16.9 Å². The summed E-state index contributed by atoms with van der Waals surface area (Å²) in [7, 11) is 0. The molecular formula is C30H25F3O4. The van der Waals surface area contributed by atoms with Gasteiger partial charge in [0.25, 0.3) is 0 Å². The van der Waals surface area contributed by atoms with E-state index in [1.165, 1.54) is 12.1 Å². The Balaban J connectivity index is 1.58. The van der Waals surface area contributed by atoms with Crippen LogP contribution in [0.2, 0.25) is 0 Å². The highest BCUT2D eigenvalue weighted by molar-refractivity contribution is 5.96. The summed E-state index contributed by atoms with van der Waals surface area (Å²) >= 11 is 0. The number of carbonyl (C=O) groups is 1. The summed E-state index contributed by atoms with van der Waals surface area (Å²) in [6.45, 7) is 7.72. The first-order valence-electron chi connectivity index (χ1n) is 11.6. The maximum atomic E-state index is 13.3. The van der Waals surface area contributed by atoms with Crippen molar-refractivity contribution in [2.75, 3.05) is 6.61 Å². The van der Waals surface area contributed by atoms with E-state index in [4.69, 9.17) is 4.74 Å². The molecule has 0 bridgehead atoms. The van der Waals surface area contributed by atoms with Crippen LogP contribution in [-0.2, 0) is 12.6 Å². The van der Waals surface area contributed by atoms with Gasteiger partial charge in [0.2, 0.25) is 0 Å². The van der Waals surface area contributed by atoms with E-state index in [2.05, 4.69) is 13.2 Å². The highest BCUT2D eigenvalue weighted by Gasteiger charge is 2.33. The van der Waals surface area contributed by atoms with Crippen LogP contribution in [0.1, 0.15) is 38.7 Å². The predicted octanol–water partition coefficient (Wildman–Crippen LogP) is 7.11. The Morgan fingerprint density at radius 3 is 2.41 bits per heavy atom. The number of fused-ring (bicyclic) bond motifs is 1. The van der Waals surface area contributed by atoms with Crippen molar-refractivity contribution in [2.45, 2.75) is 18.7 Å². The first-order valence-corrected chi connectivity index (χ1v) is 11.6. The highest BCUT2D eigenvalue weighted by atomic mass is 19.4. The molecule has 7 heteroatoms. The molecule has 0 aliphatic carbocycles. The molecule has 0 saturated heterocycles. The molecule has 0 saturated carbocycles. The van der Waals surface area contributed by atoms with E-state index in [0.29, 0.717) is 17.7 Å². The zero-order valence-corrected chi connectivity index (χ0v) is 19.8. The summed E-state index contributed by atoms with van der Waals surface area (Å²) in [6.07, 6.45) is 0.382. The molecule has 0 spiro atoms. The van der Waals surface area contributed by atoms with Gasteiger partial charge >= 0.3 is 12.1 Å². The molecule has 2 atom stereocenters. The minimum absolute atomic E-state index is 0.0742. The molecule has 0 amide bonds. The number of aliphatic hydroxyl groups is 1. The van der Waals surface area contributed by atoms with Gasteiger partial charge in [0, 0.05) is 11.5 Å². The molecule has 1 aliphatic rings. The molecule has 1 heterocycles.